The fourth-order valence-electron chi connectivity index (χ4n) is 9.84. The zero-order valence-electron chi connectivity index (χ0n) is 40.5. The Morgan fingerprint density at radius 1 is 0.554 bits per heavy atom. The van der Waals surface area contributed by atoms with Gasteiger partial charge in [-0.05, 0) is 18.1 Å². The van der Waals surface area contributed by atoms with E-state index in [1.807, 2.05) is 49.4 Å². The number of pyridine rings is 1. The van der Waals surface area contributed by atoms with Crippen molar-refractivity contribution in [1.29, 1.82) is 0 Å². The van der Waals surface area contributed by atoms with E-state index in [-0.39, 0.29) is 29.7 Å². The third kappa shape index (κ3) is 6.81. The standard InChI is InChI=1S/C59H44N4O.Pt/c1-40-34-57(60-38-52(40)42-20-7-3-8-21-42)63-53-29-14-13-28-49(53)50-33-32-47(37-56(50)63)64-46-26-17-25-45(36-46)61-39-62(55-31-16-15-30-54(55)61)59-51(41-18-5-2-6-19-41)35-44-24-11-12-27-48(44)58(59)43-22-9-4-10-23-43;/h2-10,13-23,25-26,28-38H,11-12,24,27H2,1H3;/i3D,7D,8D,20D,21D;. The first-order valence-corrected chi connectivity index (χ1v) is 23.1. The first kappa shape index (κ1) is 34.1. The average Bonchev–Trinajstić information content (AvgIpc) is 3.88. The van der Waals surface area contributed by atoms with Gasteiger partial charge in [0.15, 0.2) is 0 Å². The van der Waals surface area contributed by atoms with Crippen molar-refractivity contribution in [2.45, 2.75) is 32.6 Å². The number of ether oxygens (including phenoxy) is 1. The SMILES string of the molecule is [2H]c1c([2H])c([2H])c(-c2cnc(-n3c4ccccc4c4ccc(Oc5cccc(-n6[c](=[Pt])n(-c7c(-c8ccccc8)cc8c(c7-c7ccccc7)CCCC8)c7ccccc76)c5)cc43)cc2C)c([2H])c1[2H]. The fourth-order valence-corrected chi connectivity index (χ4v) is 10.9. The molecule has 11 aromatic rings. The number of imidazole rings is 1. The molecule has 316 valence electrons. The summed E-state index contributed by atoms with van der Waals surface area (Å²) in [4.78, 5) is 4.89. The summed E-state index contributed by atoms with van der Waals surface area (Å²) >= 11 is 2.51. The first-order chi connectivity index (χ1) is 34.2. The molecule has 0 fully saturated rings. The molecule has 8 aromatic carbocycles. The summed E-state index contributed by atoms with van der Waals surface area (Å²) < 4.78 is 56.6. The molecule has 0 amide bonds. The van der Waals surface area contributed by atoms with Crippen molar-refractivity contribution in [2.75, 3.05) is 0 Å². The van der Waals surface area contributed by atoms with Crippen LogP contribution in [0, 0.1) is 10.7 Å². The Morgan fingerprint density at radius 2 is 1.23 bits per heavy atom. The molecule has 1 aliphatic rings. The third-order valence-corrected chi connectivity index (χ3v) is 13.8. The van der Waals surface area contributed by atoms with Gasteiger partial charge < -0.3 is 0 Å². The van der Waals surface area contributed by atoms with E-state index in [4.69, 9.17) is 16.6 Å². The smallest absolute Gasteiger partial charge is 0.0616 e. The normalized spacial score (nSPS) is 13.6. The molecular weight excluding hydrogens is 976 g/mol. The second-order valence-corrected chi connectivity index (χ2v) is 17.6. The van der Waals surface area contributed by atoms with Crippen LogP contribution in [0.4, 0.5) is 0 Å². The summed E-state index contributed by atoms with van der Waals surface area (Å²) in [5.41, 5.74) is 15.3. The van der Waals surface area contributed by atoms with Crippen molar-refractivity contribution in [3.63, 3.8) is 0 Å². The Kier molecular flexibility index (Phi) is 8.58. The first-order valence-electron chi connectivity index (χ1n) is 24.5. The second-order valence-electron chi connectivity index (χ2n) is 16.6. The number of aromatic nitrogens is 4. The topological polar surface area (TPSA) is 36.9 Å². The van der Waals surface area contributed by atoms with Gasteiger partial charge in [0.25, 0.3) is 0 Å². The van der Waals surface area contributed by atoms with Crippen LogP contribution in [0.5, 0.6) is 11.5 Å². The van der Waals surface area contributed by atoms with Crippen LogP contribution >= 0.6 is 0 Å². The van der Waals surface area contributed by atoms with Crippen molar-refractivity contribution in [2.24, 2.45) is 0 Å². The molecule has 0 N–H and O–H groups in total. The predicted octanol–water partition coefficient (Wildman–Crippen LogP) is 15.0. The zero-order valence-corrected chi connectivity index (χ0v) is 37.8. The summed E-state index contributed by atoms with van der Waals surface area (Å²) in [6.45, 7) is 1.88. The van der Waals surface area contributed by atoms with E-state index in [9.17, 15) is 0 Å². The Labute approximate surface area is 395 Å². The molecule has 3 aromatic heterocycles. The Morgan fingerprint density at radius 3 is 2.02 bits per heavy atom. The number of para-hydroxylation sites is 3. The summed E-state index contributed by atoms with van der Waals surface area (Å²) in [6.07, 6.45) is 6.08. The van der Waals surface area contributed by atoms with E-state index in [0.717, 1.165) is 60.7 Å². The van der Waals surface area contributed by atoms with Gasteiger partial charge in [0.2, 0.25) is 0 Å². The maximum atomic E-state index is 8.62. The van der Waals surface area contributed by atoms with Gasteiger partial charge in [0.1, 0.15) is 0 Å². The van der Waals surface area contributed by atoms with E-state index in [1.165, 1.54) is 51.9 Å². The molecule has 0 spiro atoms. The minimum atomic E-state index is -0.423. The zero-order chi connectivity index (χ0) is 47.8. The van der Waals surface area contributed by atoms with Crippen molar-refractivity contribution in [1.82, 2.24) is 18.7 Å². The molecule has 0 aliphatic heterocycles. The summed E-state index contributed by atoms with van der Waals surface area (Å²) in [5, 5.41) is 2.07. The number of hydrogen-bond donors (Lipinski definition) is 0. The second kappa shape index (κ2) is 16.3. The van der Waals surface area contributed by atoms with Gasteiger partial charge >= 0.3 is 319 Å². The molecule has 65 heavy (non-hydrogen) atoms. The van der Waals surface area contributed by atoms with E-state index < -0.39 is 6.04 Å². The number of rotatable bonds is 8. The third-order valence-electron chi connectivity index (χ3n) is 12.8. The molecule has 3 heterocycles. The average molecular weight is 1030 g/mol. The van der Waals surface area contributed by atoms with Crippen LogP contribution < -0.4 is 4.74 Å². The van der Waals surface area contributed by atoms with E-state index >= 15 is 0 Å². The van der Waals surface area contributed by atoms with Crippen LogP contribution in [0.15, 0.2) is 200 Å². The van der Waals surface area contributed by atoms with E-state index in [1.54, 1.807) is 6.20 Å². The van der Waals surface area contributed by atoms with Crippen LogP contribution in [0.3, 0.4) is 0 Å². The maximum absolute atomic E-state index is 8.62. The van der Waals surface area contributed by atoms with Gasteiger partial charge in [-0.2, -0.15) is 0 Å². The monoisotopic (exact) mass is 1020 g/mol. The molecule has 6 heteroatoms. The number of nitrogens with zero attached hydrogens (tertiary/aromatic N) is 4. The van der Waals surface area contributed by atoms with E-state index in [0.29, 0.717) is 22.9 Å². The van der Waals surface area contributed by atoms with Crippen LogP contribution in [0.1, 0.15) is 36.4 Å². The summed E-state index contributed by atoms with van der Waals surface area (Å²) in [5.74, 6) is 1.96. The molecule has 12 rings (SSSR count). The van der Waals surface area contributed by atoms with Gasteiger partial charge in [-0.25, -0.2) is 0 Å². The molecular formula is C59H44N4OPt. The molecule has 0 saturated heterocycles. The van der Waals surface area contributed by atoms with E-state index in [2.05, 4.69) is 154 Å². The molecule has 0 radical (unpaired) electrons. The van der Waals surface area contributed by atoms with Crippen molar-refractivity contribution in [3.8, 4) is 62.1 Å². The van der Waals surface area contributed by atoms with Crippen molar-refractivity contribution >= 4 is 32.8 Å². The molecule has 1 aliphatic carbocycles. The summed E-state index contributed by atoms with van der Waals surface area (Å²) in [7, 11) is 0. The molecule has 0 atom stereocenters. The summed E-state index contributed by atoms with van der Waals surface area (Å²) in [6, 6.07) is 55.7. The van der Waals surface area contributed by atoms with Gasteiger partial charge in [0, 0.05) is 11.8 Å². The molecule has 0 saturated carbocycles. The molecule has 0 unspecified atom stereocenters. The quantitative estimate of drug-likeness (QED) is 0.152. The molecule has 0 bridgehead atoms. The Bertz CT molecular complexity index is 3950. The van der Waals surface area contributed by atoms with Gasteiger partial charge in [-0.15, -0.1) is 0 Å². The van der Waals surface area contributed by atoms with Gasteiger partial charge in [0.05, 0.1) is 6.85 Å². The van der Waals surface area contributed by atoms with Crippen molar-refractivity contribution < 1.29 is 30.9 Å². The fraction of sp³-hybridized carbons (Fsp3) is 0.0847. The minimum Gasteiger partial charge on any atom is -0.0616 e. The van der Waals surface area contributed by atoms with Crippen LogP contribution in [0.25, 0.3) is 83.4 Å². The van der Waals surface area contributed by atoms with Crippen molar-refractivity contribution in [3.05, 3.63) is 221 Å². The minimum absolute atomic E-state index is 0.132. The molecule has 5 nitrogen and oxygen atoms in total. The van der Waals surface area contributed by atoms with Gasteiger partial charge in [-0.1, -0.05) is 42.3 Å². The van der Waals surface area contributed by atoms with Crippen LogP contribution in [0.2, 0.25) is 0 Å². The number of fused-ring (bicyclic) bond motifs is 5. The van der Waals surface area contributed by atoms with Crippen LogP contribution in [-0.2, 0) is 32.2 Å². The van der Waals surface area contributed by atoms with Crippen LogP contribution in [-0.4, -0.2) is 18.7 Å². The number of aryl methyl sites for hydroxylation is 2. The van der Waals surface area contributed by atoms with Gasteiger partial charge in [-0.3, -0.25) is 0 Å². The Hall–Kier alpha value is -7.33. The Balaban J connectivity index is 0.979. The number of hydrogen-bond acceptors (Lipinski definition) is 2. The number of benzene rings is 8. The predicted molar refractivity (Wildman–Crippen MR) is 262 cm³/mol.